The summed E-state index contributed by atoms with van der Waals surface area (Å²) in [7, 11) is 0. The van der Waals surface area contributed by atoms with Gasteiger partial charge in [0.15, 0.2) is 0 Å². The molecule has 0 aromatic carbocycles. The maximum absolute atomic E-state index is 10.8. The van der Waals surface area contributed by atoms with Crippen LogP contribution in [-0.4, -0.2) is 46.7 Å². The Balaban J connectivity index is 2.43. The van der Waals surface area contributed by atoms with Crippen molar-refractivity contribution in [3.8, 4) is 0 Å². The van der Waals surface area contributed by atoms with E-state index in [4.69, 9.17) is 15.3 Å². The van der Waals surface area contributed by atoms with Crippen LogP contribution in [0.5, 0.6) is 0 Å². The average molecular weight is 288 g/mol. The van der Waals surface area contributed by atoms with Crippen LogP contribution in [-0.2, 0) is 0 Å². The summed E-state index contributed by atoms with van der Waals surface area (Å²) < 4.78 is 0. The Morgan fingerprint density at radius 3 is 2.25 bits per heavy atom. The molecule has 7 heteroatoms. The van der Waals surface area contributed by atoms with Crippen molar-refractivity contribution in [1.29, 1.82) is 0 Å². The van der Waals surface area contributed by atoms with Gasteiger partial charge in [0.2, 0.25) is 0 Å². The fraction of sp³-hybridized carbons (Fsp3) is 0.846. The van der Waals surface area contributed by atoms with E-state index in [1.165, 1.54) is 0 Å². The van der Waals surface area contributed by atoms with E-state index in [1.54, 1.807) is 0 Å². The van der Waals surface area contributed by atoms with Crippen molar-refractivity contribution in [3.05, 3.63) is 0 Å². The number of rotatable bonds is 7. The molecule has 1 fully saturated rings. The lowest BCUT2D eigenvalue weighted by atomic mass is 9.77. The predicted molar refractivity (Wildman–Crippen MR) is 72.7 cm³/mol. The zero-order valence-corrected chi connectivity index (χ0v) is 11.5. The van der Waals surface area contributed by atoms with Gasteiger partial charge in [-0.2, -0.15) is 0 Å². The molecule has 5 N–H and O–H groups in total. The standard InChI is InChI=1S/C13H24N2O5/c16-8-6-9-1-3-10(4-2-9)11(15-13(19)20)5-7-14-12(17)18/h9-11,14-16H,1-8H2,(H,17,18)(H,19,20). The Bertz CT molecular complexity index is 316. The SMILES string of the molecule is O=C(O)NCCC(NC(=O)O)C1CCC(CCO)CC1. The van der Waals surface area contributed by atoms with Crippen LogP contribution in [0.1, 0.15) is 38.5 Å². The molecule has 1 aliphatic rings. The molecule has 0 aromatic heterocycles. The van der Waals surface area contributed by atoms with Crippen LogP contribution in [0, 0.1) is 11.8 Å². The van der Waals surface area contributed by atoms with Crippen LogP contribution in [0.2, 0.25) is 0 Å². The van der Waals surface area contributed by atoms with Gasteiger partial charge < -0.3 is 26.0 Å². The lowest BCUT2D eigenvalue weighted by molar-refractivity contribution is 0.160. The van der Waals surface area contributed by atoms with E-state index in [2.05, 4.69) is 10.6 Å². The minimum atomic E-state index is -1.09. The summed E-state index contributed by atoms with van der Waals surface area (Å²) in [4.78, 5) is 21.3. The molecule has 116 valence electrons. The summed E-state index contributed by atoms with van der Waals surface area (Å²) in [5.41, 5.74) is 0. The lowest BCUT2D eigenvalue weighted by Gasteiger charge is -2.33. The number of hydrogen-bond donors (Lipinski definition) is 5. The Morgan fingerprint density at radius 2 is 1.75 bits per heavy atom. The lowest BCUT2D eigenvalue weighted by Crippen LogP contribution is -2.43. The van der Waals surface area contributed by atoms with Crippen LogP contribution < -0.4 is 10.6 Å². The third kappa shape index (κ3) is 6.10. The van der Waals surface area contributed by atoms with Gasteiger partial charge in [0.05, 0.1) is 0 Å². The molecular formula is C13H24N2O5. The zero-order chi connectivity index (χ0) is 15.0. The second-order valence-corrected chi connectivity index (χ2v) is 5.37. The molecule has 0 aromatic rings. The van der Waals surface area contributed by atoms with Gasteiger partial charge in [-0.25, -0.2) is 9.59 Å². The molecule has 1 unspecified atom stereocenters. The van der Waals surface area contributed by atoms with Crippen molar-refractivity contribution in [3.63, 3.8) is 0 Å². The van der Waals surface area contributed by atoms with Gasteiger partial charge >= 0.3 is 12.2 Å². The number of nitrogens with one attached hydrogen (secondary N) is 2. The third-order valence-electron chi connectivity index (χ3n) is 4.04. The van der Waals surface area contributed by atoms with Crippen molar-refractivity contribution in [1.82, 2.24) is 10.6 Å². The highest BCUT2D eigenvalue weighted by molar-refractivity contribution is 5.65. The van der Waals surface area contributed by atoms with E-state index in [1.807, 2.05) is 0 Å². The van der Waals surface area contributed by atoms with Gasteiger partial charge in [-0.1, -0.05) is 12.8 Å². The molecule has 1 rings (SSSR count). The molecule has 20 heavy (non-hydrogen) atoms. The second kappa shape index (κ2) is 8.63. The highest BCUT2D eigenvalue weighted by Crippen LogP contribution is 2.33. The monoisotopic (exact) mass is 288 g/mol. The number of carboxylic acid groups (broad SMARTS) is 2. The second-order valence-electron chi connectivity index (χ2n) is 5.37. The topological polar surface area (TPSA) is 119 Å². The maximum Gasteiger partial charge on any atom is 0.404 e. The van der Waals surface area contributed by atoms with Crippen LogP contribution in [0.4, 0.5) is 9.59 Å². The van der Waals surface area contributed by atoms with Crippen molar-refractivity contribution >= 4 is 12.2 Å². The first-order valence-electron chi connectivity index (χ1n) is 7.10. The number of hydrogen-bond acceptors (Lipinski definition) is 3. The van der Waals surface area contributed by atoms with Gasteiger partial charge in [0.1, 0.15) is 0 Å². The number of aliphatic hydroxyl groups excluding tert-OH is 1. The van der Waals surface area contributed by atoms with Crippen LogP contribution in [0.15, 0.2) is 0 Å². The fourth-order valence-electron chi connectivity index (χ4n) is 2.98. The van der Waals surface area contributed by atoms with Crippen molar-refractivity contribution in [2.24, 2.45) is 11.8 Å². The maximum atomic E-state index is 10.8. The van der Waals surface area contributed by atoms with Crippen molar-refractivity contribution in [2.45, 2.75) is 44.6 Å². The quantitative estimate of drug-likeness (QED) is 0.486. The summed E-state index contributed by atoms with van der Waals surface area (Å²) in [6, 6.07) is -0.213. The first-order chi connectivity index (χ1) is 9.52. The smallest absolute Gasteiger partial charge is 0.404 e. The Kier molecular flexibility index (Phi) is 7.14. The van der Waals surface area contributed by atoms with Crippen LogP contribution in [0.25, 0.3) is 0 Å². The molecule has 0 radical (unpaired) electrons. The Morgan fingerprint density at radius 1 is 1.10 bits per heavy atom. The summed E-state index contributed by atoms with van der Waals surface area (Å²) in [5, 5.41) is 31.1. The molecule has 0 spiro atoms. The summed E-state index contributed by atoms with van der Waals surface area (Å²) in [6.45, 7) is 0.450. The van der Waals surface area contributed by atoms with Crippen LogP contribution >= 0.6 is 0 Å². The average Bonchev–Trinajstić information content (AvgIpc) is 2.38. The third-order valence-corrected chi connectivity index (χ3v) is 4.04. The van der Waals surface area contributed by atoms with Crippen molar-refractivity contribution < 1.29 is 24.9 Å². The highest BCUT2D eigenvalue weighted by atomic mass is 16.4. The molecular weight excluding hydrogens is 264 g/mol. The van der Waals surface area contributed by atoms with Gasteiger partial charge in [-0.15, -0.1) is 0 Å². The van der Waals surface area contributed by atoms with Gasteiger partial charge in [-0.3, -0.25) is 0 Å². The first-order valence-corrected chi connectivity index (χ1v) is 7.10. The van der Waals surface area contributed by atoms with E-state index >= 15 is 0 Å². The summed E-state index contributed by atoms with van der Waals surface area (Å²) >= 11 is 0. The van der Waals surface area contributed by atoms with Gasteiger partial charge in [0, 0.05) is 19.2 Å². The first kappa shape index (κ1) is 16.6. The molecule has 0 aliphatic heterocycles. The Hall–Kier alpha value is -1.50. The predicted octanol–water partition coefficient (Wildman–Crippen LogP) is 1.47. The van der Waals surface area contributed by atoms with Gasteiger partial charge in [-0.05, 0) is 37.5 Å². The van der Waals surface area contributed by atoms with E-state index in [0.29, 0.717) is 12.3 Å². The van der Waals surface area contributed by atoms with E-state index in [9.17, 15) is 9.59 Å². The van der Waals surface area contributed by atoms with E-state index in [-0.39, 0.29) is 25.1 Å². The Labute approximate surface area is 118 Å². The largest absolute Gasteiger partial charge is 0.465 e. The van der Waals surface area contributed by atoms with E-state index in [0.717, 1.165) is 32.1 Å². The zero-order valence-electron chi connectivity index (χ0n) is 11.5. The van der Waals surface area contributed by atoms with E-state index < -0.39 is 12.2 Å². The fourth-order valence-corrected chi connectivity index (χ4v) is 2.98. The number of carbonyl (C=O) groups is 2. The number of aliphatic hydroxyl groups is 1. The highest BCUT2D eigenvalue weighted by Gasteiger charge is 2.28. The molecule has 1 atom stereocenters. The minimum absolute atomic E-state index is 0.203. The number of amides is 2. The minimum Gasteiger partial charge on any atom is -0.465 e. The molecule has 1 aliphatic carbocycles. The molecule has 7 nitrogen and oxygen atoms in total. The van der Waals surface area contributed by atoms with Crippen LogP contribution in [0.3, 0.4) is 0 Å². The van der Waals surface area contributed by atoms with Crippen molar-refractivity contribution in [2.75, 3.05) is 13.2 Å². The summed E-state index contributed by atoms with van der Waals surface area (Å²) in [6.07, 6.45) is 2.95. The molecule has 1 saturated carbocycles. The molecule has 2 amide bonds. The normalized spacial score (nSPS) is 23.9. The molecule has 0 heterocycles. The van der Waals surface area contributed by atoms with Gasteiger partial charge in [0.25, 0.3) is 0 Å². The molecule has 0 bridgehead atoms. The molecule has 0 saturated heterocycles. The summed E-state index contributed by atoms with van der Waals surface area (Å²) in [5.74, 6) is 0.774.